The second kappa shape index (κ2) is 4.48. The third kappa shape index (κ3) is 7.67. The molecule has 58 valence electrons. The highest BCUT2D eigenvalue weighted by Gasteiger charge is 2.14. The van der Waals surface area contributed by atoms with E-state index in [-0.39, 0.29) is 0 Å². The molecule has 0 aliphatic heterocycles. The average Bonchev–Trinajstić information content (AvgIpc) is 1.78. The van der Waals surface area contributed by atoms with Gasteiger partial charge in [-0.05, 0) is 25.6 Å². The van der Waals surface area contributed by atoms with Crippen LogP contribution in [0.3, 0.4) is 0 Å². The summed E-state index contributed by atoms with van der Waals surface area (Å²) in [7, 11) is -1.82. The van der Waals surface area contributed by atoms with Gasteiger partial charge < -0.3 is 4.80 Å². The molecule has 0 bridgehead atoms. The Bertz CT molecular complexity index is 123. The highest BCUT2D eigenvalue weighted by atomic mass is 28.4. The zero-order valence-electron chi connectivity index (χ0n) is 6.72. The number of nitriles is 1. The van der Waals surface area contributed by atoms with E-state index < -0.39 is 8.32 Å². The molecule has 0 unspecified atom stereocenters. The lowest BCUT2D eigenvalue weighted by Crippen LogP contribution is -2.23. The molecule has 0 atom stereocenters. The first-order valence-corrected chi connectivity index (χ1v) is 6.81. The van der Waals surface area contributed by atoms with Gasteiger partial charge in [0.1, 0.15) is 0 Å². The number of hydrogen-bond acceptors (Lipinski definition) is 2. The summed E-state index contributed by atoms with van der Waals surface area (Å²) in [6.45, 7) is 3.86. The summed E-state index contributed by atoms with van der Waals surface area (Å²) in [6, 6.07) is 3.01. The molecule has 0 aromatic heterocycles. The number of rotatable bonds is 4. The zero-order chi connectivity index (χ0) is 8.04. The van der Waals surface area contributed by atoms with Crippen LogP contribution in [-0.2, 0) is 0 Å². The van der Waals surface area contributed by atoms with Gasteiger partial charge in [-0.2, -0.15) is 5.26 Å². The van der Waals surface area contributed by atoms with Gasteiger partial charge >= 0.3 is 0 Å². The van der Waals surface area contributed by atoms with Gasteiger partial charge in [0.2, 0.25) is 0 Å². The maximum atomic E-state index is 9.37. The molecule has 2 nitrogen and oxygen atoms in total. The van der Waals surface area contributed by atoms with Gasteiger partial charge in [-0.15, -0.1) is 0 Å². The van der Waals surface area contributed by atoms with Crippen molar-refractivity contribution < 1.29 is 4.80 Å². The summed E-state index contributed by atoms with van der Waals surface area (Å²) in [4.78, 5) is 9.37. The molecular formula is C7H15NOSi. The first kappa shape index (κ1) is 9.67. The van der Waals surface area contributed by atoms with E-state index in [2.05, 4.69) is 6.07 Å². The van der Waals surface area contributed by atoms with Crippen molar-refractivity contribution in [2.24, 2.45) is 0 Å². The molecule has 0 saturated heterocycles. The van der Waals surface area contributed by atoms with Crippen molar-refractivity contribution in [1.29, 1.82) is 5.26 Å². The second-order valence-corrected chi connectivity index (χ2v) is 7.30. The largest absolute Gasteiger partial charge is 0.432 e. The van der Waals surface area contributed by atoms with Crippen LogP contribution in [-0.4, -0.2) is 13.1 Å². The van der Waals surface area contributed by atoms with Gasteiger partial charge in [-0.3, -0.25) is 0 Å². The fraction of sp³-hybridized carbons (Fsp3) is 0.857. The lowest BCUT2D eigenvalue weighted by Gasteiger charge is -2.11. The highest BCUT2D eigenvalue weighted by Crippen LogP contribution is 2.10. The molecule has 10 heavy (non-hydrogen) atoms. The predicted molar refractivity (Wildman–Crippen MR) is 44.0 cm³/mol. The summed E-state index contributed by atoms with van der Waals surface area (Å²) in [5, 5.41) is 8.19. The van der Waals surface area contributed by atoms with Crippen molar-refractivity contribution in [3.8, 4) is 6.07 Å². The van der Waals surface area contributed by atoms with Gasteiger partial charge in [-0.25, -0.2) is 0 Å². The third-order valence-electron chi connectivity index (χ3n) is 1.33. The van der Waals surface area contributed by atoms with Gasteiger partial charge in [0.25, 0.3) is 0 Å². The molecule has 0 aromatic rings. The van der Waals surface area contributed by atoms with Gasteiger partial charge in [0.15, 0.2) is 8.32 Å². The molecule has 1 N–H and O–H groups in total. The monoisotopic (exact) mass is 157 g/mol. The van der Waals surface area contributed by atoms with Gasteiger partial charge in [0, 0.05) is 6.42 Å². The topological polar surface area (TPSA) is 44.0 Å². The Kier molecular flexibility index (Phi) is 4.33. The van der Waals surface area contributed by atoms with E-state index in [0.717, 1.165) is 18.9 Å². The Morgan fingerprint density at radius 3 is 2.40 bits per heavy atom. The Balaban J connectivity index is 3.14. The Labute approximate surface area is 63.6 Å². The molecule has 0 saturated carbocycles. The van der Waals surface area contributed by atoms with E-state index in [4.69, 9.17) is 5.26 Å². The maximum Gasteiger partial charge on any atom is 0.182 e. The Morgan fingerprint density at radius 1 is 1.40 bits per heavy atom. The molecule has 0 aromatic carbocycles. The third-order valence-corrected chi connectivity index (χ3v) is 2.90. The van der Waals surface area contributed by atoms with Crippen molar-refractivity contribution in [3.05, 3.63) is 0 Å². The Hall–Kier alpha value is -0.333. The summed E-state index contributed by atoms with van der Waals surface area (Å²) >= 11 is 0. The van der Waals surface area contributed by atoms with Crippen LogP contribution < -0.4 is 0 Å². The smallest absolute Gasteiger partial charge is 0.182 e. The summed E-state index contributed by atoms with van der Waals surface area (Å²) in [5.41, 5.74) is 0. The molecule has 0 radical (unpaired) electrons. The highest BCUT2D eigenvalue weighted by molar-refractivity contribution is 6.69. The van der Waals surface area contributed by atoms with E-state index in [1.807, 2.05) is 13.1 Å². The number of hydrogen-bond donors (Lipinski definition) is 1. The van der Waals surface area contributed by atoms with Gasteiger partial charge in [0.05, 0.1) is 6.07 Å². The molecule has 0 rings (SSSR count). The fourth-order valence-electron chi connectivity index (χ4n) is 0.762. The summed E-state index contributed by atoms with van der Waals surface area (Å²) in [5.74, 6) is 0. The summed E-state index contributed by atoms with van der Waals surface area (Å²) < 4.78 is 0. The molecule has 0 aliphatic carbocycles. The lowest BCUT2D eigenvalue weighted by molar-refractivity contribution is 0.542. The molecule has 0 fully saturated rings. The van der Waals surface area contributed by atoms with Gasteiger partial charge in [-0.1, -0.05) is 6.42 Å². The first-order valence-electron chi connectivity index (χ1n) is 3.65. The van der Waals surface area contributed by atoms with Crippen LogP contribution in [0.25, 0.3) is 0 Å². The van der Waals surface area contributed by atoms with Crippen LogP contribution in [0.2, 0.25) is 19.1 Å². The maximum absolute atomic E-state index is 9.37. The minimum absolute atomic E-state index is 0.629. The zero-order valence-corrected chi connectivity index (χ0v) is 7.72. The second-order valence-electron chi connectivity index (χ2n) is 3.18. The van der Waals surface area contributed by atoms with E-state index in [1.165, 1.54) is 0 Å². The molecule has 0 heterocycles. The molecular weight excluding hydrogens is 142 g/mol. The van der Waals surface area contributed by atoms with E-state index in [1.54, 1.807) is 0 Å². The van der Waals surface area contributed by atoms with E-state index in [0.29, 0.717) is 6.42 Å². The average molecular weight is 157 g/mol. The fourth-order valence-corrected chi connectivity index (χ4v) is 1.88. The van der Waals surface area contributed by atoms with Crippen molar-refractivity contribution in [2.45, 2.75) is 38.4 Å². The molecule has 0 aliphatic rings. The lowest BCUT2D eigenvalue weighted by atomic mass is 10.3. The van der Waals surface area contributed by atoms with Crippen molar-refractivity contribution in [2.75, 3.05) is 0 Å². The molecule has 0 amide bonds. The summed E-state index contributed by atoms with van der Waals surface area (Å²) in [6.07, 6.45) is 2.57. The minimum atomic E-state index is -1.82. The van der Waals surface area contributed by atoms with Crippen LogP contribution in [0, 0.1) is 11.3 Å². The van der Waals surface area contributed by atoms with Crippen LogP contribution in [0.4, 0.5) is 0 Å². The van der Waals surface area contributed by atoms with Crippen molar-refractivity contribution in [3.63, 3.8) is 0 Å². The van der Waals surface area contributed by atoms with Crippen LogP contribution in [0.15, 0.2) is 0 Å². The standard InChI is InChI=1S/C7H15NOSi/c1-10(2,9)7-5-3-4-6-8/h9H,3-5,7H2,1-2H3. The normalized spacial score (nSPS) is 11.0. The predicted octanol–water partition coefficient (Wildman–Crippen LogP) is 1.88. The van der Waals surface area contributed by atoms with Crippen molar-refractivity contribution >= 4 is 8.32 Å². The van der Waals surface area contributed by atoms with Crippen LogP contribution in [0.5, 0.6) is 0 Å². The quantitative estimate of drug-likeness (QED) is 0.500. The van der Waals surface area contributed by atoms with E-state index >= 15 is 0 Å². The molecule has 3 heteroatoms. The van der Waals surface area contributed by atoms with E-state index in [9.17, 15) is 4.80 Å². The SMILES string of the molecule is C[Si](C)(O)CCCCC#N. The van der Waals surface area contributed by atoms with Crippen LogP contribution >= 0.6 is 0 Å². The number of nitrogens with zero attached hydrogens (tertiary/aromatic N) is 1. The first-order chi connectivity index (χ1) is 4.56. The van der Waals surface area contributed by atoms with Crippen LogP contribution in [0.1, 0.15) is 19.3 Å². The minimum Gasteiger partial charge on any atom is -0.432 e. The molecule has 0 spiro atoms. The number of unbranched alkanes of at least 4 members (excludes halogenated alkanes) is 2. The van der Waals surface area contributed by atoms with Crippen molar-refractivity contribution in [1.82, 2.24) is 0 Å². The Morgan fingerprint density at radius 2 is 2.00 bits per heavy atom.